The van der Waals surface area contributed by atoms with Crippen LogP contribution in [-0.4, -0.2) is 23.6 Å². The van der Waals surface area contributed by atoms with Gasteiger partial charge < -0.3 is 9.88 Å². The molecule has 0 saturated heterocycles. The maximum atomic E-state index is 11.9. The maximum Gasteiger partial charge on any atom is 0.267 e. The maximum absolute atomic E-state index is 11.9. The van der Waals surface area contributed by atoms with E-state index < -0.39 is 0 Å². The fourth-order valence-electron chi connectivity index (χ4n) is 1.74. The number of azide groups is 1. The second kappa shape index (κ2) is 5.41. The van der Waals surface area contributed by atoms with Gasteiger partial charge in [0.25, 0.3) is 5.91 Å². The third-order valence-electron chi connectivity index (χ3n) is 2.74. The highest BCUT2D eigenvalue weighted by Gasteiger charge is 2.26. The van der Waals surface area contributed by atoms with Crippen molar-refractivity contribution in [2.24, 2.45) is 5.11 Å². The van der Waals surface area contributed by atoms with E-state index >= 15 is 0 Å². The third-order valence-corrected chi connectivity index (χ3v) is 2.74. The SMILES string of the molecule is [N-]=[N+]=NCCCNC(=O)c1cccn1C1CC1. The number of hydrogen-bond acceptors (Lipinski definition) is 2. The molecule has 17 heavy (non-hydrogen) atoms. The molecule has 0 aliphatic heterocycles. The zero-order valence-corrected chi connectivity index (χ0v) is 9.54. The van der Waals surface area contributed by atoms with Crippen LogP contribution in [0.15, 0.2) is 23.4 Å². The van der Waals surface area contributed by atoms with Gasteiger partial charge in [-0.1, -0.05) is 5.11 Å². The number of nitrogens with one attached hydrogen (secondary N) is 1. The minimum absolute atomic E-state index is 0.0529. The van der Waals surface area contributed by atoms with Crippen LogP contribution in [0, 0.1) is 0 Å². The minimum Gasteiger partial charge on any atom is -0.351 e. The average Bonchev–Trinajstić information content (AvgIpc) is 3.06. The van der Waals surface area contributed by atoms with E-state index in [-0.39, 0.29) is 5.91 Å². The van der Waals surface area contributed by atoms with E-state index in [4.69, 9.17) is 5.53 Å². The quantitative estimate of drug-likeness (QED) is 0.347. The summed E-state index contributed by atoms with van der Waals surface area (Å²) in [5, 5.41) is 6.24. The van der Waals surface area contributed by atoms with Crippen LogP contribution in [0.25, 0.3) is 10.4 Å². The molecule has 1 aliphatic carbocycles. The third kappa shape index (κ3) is 3.01. The Bertz CT molecular complexity index is 442. The molecule has 0 atom stereocenters. The molecule has 1 aliphatic rings. The van der Waals surface area contributed by atoms with Crippen LogP contribution >= 0.6 is 0 Å². The molecule has 2 rings (SSSR count). The first-order valence-corrected chi connectivity index (χ1v) is 5.79. The Balaban J connectivity index is 1.82. The highest BCUT2D eigenvalue weighted by Crippen LogP contribution is 2.35. The molecule has 0 unspecified atom stereocenters. The van der Waals surface area contributed by atoms with E-state index in [9.17, 15) is 4.79 Å². The molecule has 0 aromatic carbocycles. The van der Waals surface area contributed by atoms with Crippen molar-refractivity contribution >= 4 is 5.91 Å². The van der Waals surface area contributed by atoms with Gasteiger partial charge in [0.15, 0.2) is 0 Å². The second-order valence-electron chi connectivity index (χ2n) is 4.10. The van der Waals surface area contributed by atoms with Gasteiger partial charge in [0.1, 0.15) is 5.69 Å². The first-order valence-electron chi connectivity index (χ1n) is 5.79. The van der Waals surface area contributed by atoms with E-state index in [0.717, 1.165) is 18.5 Å². The topological polar surface area (TPSA) is 82.8 Å². The molecule has 1 saturated carbocycles. The molecule has 6 heteroatoms. The van der Waals surface area contributed by atoms with Crippen molar-refractivity contribution < 1.29 is 4.79 Å². The lowest BCUT2D eigenvalue weighted by molar-refractivity contribution is 0.0944. The van der Waals surface area contributed by atoms with Gasteiger partial charge >= 0.3 is 0 Å². The minimum atomic E-state index is -0.0529. The van der Waals surface area contributed by atoms with Crippen LogP contribution < -0.4 is 5.32 Å². The molecule has 1 amide bonds. The molecular weight excluding hydrogens is 218 g/mol. The fourth-order valence-corrected chi connectivity index (χ4v) is 1.74. The summed E-state index contributed by atoms with van der Waals surface area (Å²) >= 11 is 0. The van der Waals surface area contributed by atoms with Crippen LogP contribution in [0.5, 0.6) is 0 Å². The van der Waals surface area contributed by atoms with Crippen LogP contribution in [-0.2, 0) is 0 Å². The van der Waals surface area contributed by atoms with E-state index in [1.54, 1.807) is 0 Å². The van der Waals surface area contributed by atoms with Gasteiger partial charge in [-0.05, 0) is 36.9 Å². The van der Waals surface area contributed by atoms with Crippen molar-refractivity contribution in [2.75, 3.05) is 13.1 Å². The Morgan fingerprint density at radius 1 is 1.65 bits per heavy atom. The number of hydrogen-bond donors (Lipinski definition) is 1. The van der Waals surface area contributed by atoms with Crippen molar-refractivity contribution in [1.29, 1.82) is 0 Å². The molecule has 1 aromatic heterocycles. The summed E-state index contributed by atoms with van der Waals surface area (Å²) in [6.45, 7) is 0.952. The molecular formula is C11H15N5O. The van der Waals surface area contributed by atoms with Gasteiger partial charge in [-0.15, -0.1) is 0 Å². The lowest BCUT2D eigenvalue weighted by Crippen LogP contribution is -2.27. The summed E-state index contributed by atoms with van der Waals surface area (Å²) in [4.78, 5) is 14.5. The Hall–Kier alpha value is -1.94. The summed E-state index contributed by atoms with van der Waals surface area (Å²) in [6, 6.07) is 4.24. The Labute approximate surface area is 99.2 Å². The summed E-state index contributed by atoms with van der Waals surface area (Å²) in [6.07, 6.45) is 4.93. The van der Waals surface area contributed by atoms with Gasteiger partial charge in [0, 0.05) is 30.2 Å². The summed E-state index contributed by atoms with van der Waals surface area (Å²) in [7, 11) is 0. The van der Waals surface area contributed by atoms with Gasteiger partial charge in [-0.2, -0.15) is 0 Å². The lowest BCUT2D eigenvalue weighted by atomic mass is 10.3. The van der Waals surface area contributed by atoms with Gasteiger partial charge in [0.05, 0.1) is 0 Å². The lowest BCUT2D eigenvalue weighted by Gasteiger charge is -2.08. The predicted molar refractivity (Wildman–Crippen MR) is 63.7 cm³/mol. The molecule has 0 radical (unpaired) electrons. The molecule has 1 heterocycles. The number of amides is 1. The standard InChI is InChI=1S/C11H15N5O/c12-15-14-7-2-6-13-11(17)10-3-1-8-16(10)9-4-5-9/h1,3,8-9H,2,4-7H2,(H,13,17). The Morgan fingerprint density at radius 2 is 2.47 bits per heavy atom. The highest BCUT2D eigenvalue weighted by atomic mass is 16.1. The monoisotopic (exact) mass is 233 g/mol. The molecule has 0 spiro atoms. The largest absolute Gasteiger partial charge is 0.351 e. The van der Waals surface area contributed by atoms with Crippen LogP contribution in [0.1, 0.15) is 35.8 Å². The highest BCUT2D eigenvalue weighted by molar-refractivity contribution is 5.92. The van der Waals surface area contributed by atoms with Crippen molar-refractivity contribution in [3.05, 3.63) is 34.5 Å². The summed E-state index contributed by atoms with van der Waals surface area (Å²) in [5.74, 6) is -0.0529. The van der Waals surface area contributed by atoms with E-state index in [1.807, 2.05) is 22.9 Å². The van der Waals surface area contributed by atoms with Crippen molar-refractivity contribution in [1.82, 2.24) is 9.88 Å². The first kappa shape index (κ1) is 11.5. The second-order valence-corrected chi connectivity index (χ2v) is 4.10. The zero-order chi connectivity index (χ0) is 12.1. The van der Waals surface area contributed by atoms with Crippen LogP contribution in [0.4, 0.5) is 0 Å². The van der Waals surface area contributed by atoms with Gasteiger partial charge in [-0.25, -0.2) is 0 Å². The van der Waals surface area contributed by atoms with Gasteiger partial charge in [0.2, 0.25) is 0 Å². The Kier molecular flexibility index (Phi) is 3.67. The number of nitrogens with zero attached hydrogens (tertiary/aromatic N) is 4. The number of carbonyl (C=O) groups excluding carboxylic acids is 1. The molecule has 1 N–H and O–H groups in total. The zero-order valence-electron chi connectivity index (χ0n) is 9.54. The van der Waals surface area contributed by atoms with Gasteiger partial charge in [-0.3, -0.25) is 4.79 Å². The van der Waals surface area contributed by atoms with Crippen molar-refractivity contribution in [3.63, 3.8) is 0 Å². The van der Waals surface area contributed by atoms with E-state index in [0.29, 0.717) is 25.6 Å². The molecule has 6 nitrogen and oxygen atoms in total. The molecule has 1 aromatic rings. The van der Waals surface area contributed by atoms with E-state index in [2.05, 4.69) is 15.3 Å². The normalized spacial score (nSPS) is 14.1. The molecule has 1 fully saturated rings. The van der Waals surface area contributed by atoms with Crippen LogP contribution in [0.2, 0.25) is 0 Å². The van der Waals surface area contributed by atoms with Crippen molar-refractivity contribution in [3.8, 4) is 0 Å². The summed E-state index contributed by atoms with van der Waals surface area (Å²) in [5.41, 5.74) is 8.82. The number of aromatic nitrogens is 1. The van der Waals surface area contributed by atoms with Crippen molar-refractivity contribution in [2.45, 2.75) is 25.3 Å². The molecule has 0 bridgehead atoms. The predicted octanol–water partition coefficient (Wildman–Crippen LogP) is 2.25. The summed E-state index contributed by atoms with van der Waals surface area (Å²) < 4.78 is 2.03. The Morgan fingerprint density at radius 3 is 3.18 bits per heavy atom. The number of carbonyl (C=O) groups is 1. The fraction of sp³-hybridized carbons (Fsp3) is 0.545. The smallest absolute Gasteiger partial charge is 0.267 e. The number of rotatable bonds is 6. The average molecular weight is 233 g/mol. The first-order chi connectivity index (χ1) is 8.33. The molecule has 90 valence electrons. The van der Waals surface area contributed by atoms with Crippen LogP contribution in [0.3, 0.4) is 0 Å². The van der Waals surface area contributed by atoms with E-state index in [1.165, 1.54) is 0 Å².